The molecule has 0 saturated heterocycles. The fraction of sp³-hybridized carbons (Fsp3) is 0.708. The van der Waals surface area contributed by atoms with E-state index in [4.69, 9.17) is 22.7 Å². The van der Waals surface area contributed by atoms with Gasteiger partial charge >= 0.3 is 98.0 Å². The Labute approximate surface area is 188 Å². The summed E-state index contributed by atoms with van der Waals surface area (Å²) >= 11 is -2.70. The van der Waals surface area contributed by atoms with Gasteiger partial charge in [0.2, 0.25) is 0 Å². The van der Waals surface area contributed by atoms with Gasteiger partial charge in [-0.1, -0.05) is 6.92 Å². The summed E-state index contributed by atoms with van der Waals surface area (Å²) in [7, 11) is 12.5. The molecule has 1 aromatic carbocycles. The SMILES string of the molecule is CCC(=O)OC1(C)C2CC3CC(C2)CC1C3.Cc1cc(C)c([Te](C)(Cl)Cl)cc1C. The van der Waals surface area contributed by atoms with Gasteiger partial charge in [-0.3, -0.25) is 4.79 Å². The van der Waals surface area contributed by atoms with Crippen molar-refractivity contribution in [2.24, 2.45) is 23.7 Å². The van der Waals surface area contributed by atoms with E-state index >= 15 is 0 Å². The summed E-state index contributed by atoms with van der Waals surface area (Å²) in [5.41, 5.74) is 3.69. The minimum absolute atomic E-state index is 0.00465. The van der Waals surface area contributed by atoms with Crippen molar-refractivity contribution in [2.45, 2.75) is 83.7 Å². The zero-order chi connectivity index (χ0) is 21.6. The number of hydrogen-bond donors (Lipinski definition) is 0. The molecular formula is C24H36Cl2O2Te. The zero-order valence-electron chi connectivity index (χ0n) is 18.7. The molecule has 29 heavy (non-hydrogen) atoms. The molecule has 0 radical (unpaired) electrons. The molecule has 4 aliphatic carbocycles. The average Bonchev–Trinajstić information content (AvgIpc) is 2.62. The van der Waals surface area contributed by atoms with Gasteiger partial charge in [0.05, 0.1) is 0 Å². The van der Waals surface area contributed by atoms with E-state index in [-0.39, 0.29) is 11.6 Å². The predicted octanol–water partition coefficient (Wildman–Crippen LogP) is 6.52. The molecule has 0 aromatic heterocycles. The summed E-state index contributed by atoms with van der Waals surface area (Å²) in [6.07, 6.45) is 7.19. The van der Waals surface area contributed by atoms with E-state index in [1.807, 2.05) is 11.9 Å². The average molecular weight is 555 g/mol. The first-order valence-electron chi connectivity index (χ1n) is 10.9. The van der Waals surface area contributed by atoms with Gasteiger partial charge in [0, 0.05) is 6.42 Å². The fourth-order valence-electron chi connectivity index (χ4n) is 5.92. The van der Waals surface area contributed by atoms with Crippen LogP contribution >= 0.6 is 17.9 Å². The molecule has 4 aliphatic rings. The number of esters is 1. The first-order valence-corrected chi connectivity index (χ1v) is 20.3. The number of carbonyl (C=O) groups is 1. The minimum atomic E-state index is -2.70. The third-order valence-electron chi connectivity index (χ3n) is 7.56. The van der Waals surface area contributed by atoms with Crippen LogP contribution in [0.3, 0.4) is 0 Å². The third-order valence-corrected chi connectivity index (χ3v) is 13.2. The number of hydrogen-bond acceptors (Lipinski definition) is 2. The molecule has 0 spiro atoms. The second-order valence-electron chi connectivity index (χ2n) is 9.74. The molecule has 4 bridgehead atoms. The maximum absolute atomic E-state index is 11.6. The van der Waals surface area contributed by atoms with Crippen LogP contribution in [0.4, 0.5) is 0 Å². The Morgan fingerprint density at radius 3 is 1.93 bits per heavy atom. The van der Waals surface area contributed by atoms with Gasteiger partial charge in [-0.05, 0) is 62.7 Å². The first kappa shape index (κ1) is 23.7. The molecule has 164 valence electrons. The summed E-state index contributed by atoms with van der Waals surface area (Å²) < 4.78 is 7.01. The molecule has 0 N–H and O–H groups in total. The number of benzene rings is 1. The van der Waals surface area contributed by atoms with Crippen LogP contribution in [0, 0.1) is 44.4 Å². The second-order valence-corrected chi connectivity index (χ2v) is 24.5. The molecule has 1 aromatic rings. The number of rotatable bonds is 3. The van der Waals surface area contributed by atoms with Crippen LogP contribution in [0.5, 0.6) is 0 Å². The Morgan fingerprint density at radius 1 is 1.00 bits per heavy atom. The van der Waals surface area contributed by atoms with Crippen LogP contribution in [0.2, 0.25) is 4.97 Å². The van der Waals surface area contributed by atoms with Gasteiger partial charge < -0.3 is 4.74 Å². The standard InChI is InChI=1S/C14H22O2.C10H14Cl2Te/c1-3-13(15)16-14(2)11-5-9-4-10(7-11)8-12(14)6-9;1-7-5-9(3)10(6-8(7)2)13(4,11)12/h9-12H,3-8H2,1-2H3;5-6H,1-4H3. The van der Waals surface area contributed by atoms with Crippen molar-refractivity contribution >= 4 is 43.4 Å². The molecule has 0 aliphatic heterocycles. The van der Waals surface area contributed by atoms with E-state index in [9.17, 15) is 4.79 Å². The van der Waals surface area contributed by atoms with Gasteiger partial charge in [-0.15, -0.1) is 0 Å². The zero-order valence-corrected chi connectivity index (χ0v) is 22.5. The Balaban J connectivity index is 0.000000170. The second kappa shape index (κ2) is 8.90. The Hall–Kier alpha value is 0.0596. The molecule has 5 heteroatoms. The van der Waals surface area contributed by atoms with Crippen LogP contribution in [-0.4, -0.2) is 27.5 Å². The number of aryl methyl sites for hydroxylation is 3. The molecule has 5 rings (SSSR count). The monoisotopic (exact) mass is 556 g/mol. The van der Waals surface area contributed by atoms with Crippen molar-refractivity contribution in [1.29, 1.82) is 0 Å². The summed E-state index contributed by atoms with van der Waals surface area (Å²) in [5, 5.41) is 0. The summed E-state index contributed by atoms with van der Waals surface area (Å²) in [4.78, 5) is 13.6. The summed E-state index contributed by atoms with van der Waals surface area (Å²) in [5.74, 6) is 3.18. The number of halogens is 2. The van der Waals surface area contributed by atoms with Crippen molar-refractivity contribution in [1.82, 2.24) is 0 Å². The number of carbonyl (C=O) groups excluding carboxylic acids is 1. The van der Waals surface area contributed by atoms with Crippen molar-refractivity contribution in [3.8, 4) is 0 Å². The van der Waals surface area contributed by atoms with E-state index < -0.39 is 15.9 Å². The van der Waals surface area contributed by atoms with Crippen LogP contribution in [-0.2, 0) is 9.53 Å². The quantitative estimate of drug-likeness (QED) is 0.314. The van der Waals surface area contributed by atoms with Gasteiger partial charge in [0.1, 0.15) is 5.60 Å². The van der Waals surface area contributed by atoms with Crippen LogP contribution in [0.1, 0.15) is 69.1 Å². The normalized spacial score (nSPS) is 33.1. The van der Waals surface area contributed by atoms with Crippen molar-refractivity contribution in [3.05, 3.63) is 28.8 Å². The Morgan fingerprint density at radius 2 is 1.48 bits per heavy atom. The molecule has 2 nitrogen and oxygen atoms in total. The van der Waals surface area contributed by atoms with E-state index in [0.717, 1.165) is 11.8 Å². The first-order chi connectivity index (χ1) is 13.4. The van der Waals surface area contributed by atoms with Gasteiger partial charge in [-0.2, -0.15) is 0 Å². The number of ether oxygens (including phenoxy) is 1. The molecule has 0 atom stereocenters. The summed E-state index contributed by atoms with van der Waals surface area (Å²) in [6.45, 7) is 10.4. The van der Waals surface area contributed by atoms with E-state index in [1.54, 1.807) is 0 Å². The molecule has 0 amide bonds. The topological polar surface area (TPSA) is 26.3 Å². The molecule has 0 heterocycles. The molecular weight excluding hydrogens is 519 g/mol. The van der Waals surface area contributed by atoms with E-state index in [2.05, 4.69) is 39.8 Å². The molecule has 0 unspecified atom stereocenters. The van der Waals surface area contributed by atoms with Gasteiger partial charge in [0.25, 0.3) is 0 Å². The van der Waals surface area contributed by atoms with Crippen LogP contribution < -0.4 is 3.61 Å². The van der Waals surface area contributed by atoms with Crippen molar-refractivity contribution < 1.29 is 9.53 Å². The van der Waals surface area contributed by atoms with Crippen LogP contribution in [0.25, 0.3) is 0 Å². The maximum atomic E-state index is 11.6. The van der Waals surface area contributed by atoms with Crippen molar-refractivity contribution in [2.75, 3.05) is 0 Å². The molecule has 4 saturated carbocycles. The van der Waals surface area contributed by atoms with E-state index in [0.29, 0.717) is 18.3 Å². The van der Waals surface area contributed by atoms with Crippen molar-refractivity contribution in [3.63, 3.8) is 0 Å². The summed E-state index contributed by atoms with van der Waals surface area (Å²) in [6, 6.07) is 4.31. The fourth-order valence-corrected chi connectivity index (χ4v) is 11.0. The predicted molar refractivity (Wildman–Crippen MR) is 125 cm³/mol. The molecule has 4 fully saturated rings. The van der Waals surface area contributed by atoms with Gasteiger partial charge in [-0.25, -0.2) is 0 Å². The van der Waals surface area contributed by atoms with E-state index in [1.165, 1.54) is 52.4 Å². The van der Waals surface area contributed by atoms with Crippen LogP contribution in [0.15, 0.2) is 12.1 Å². The third kappa shape index (κ3) is 5.11. The van der Waals surface area contributed by atoms with Gasteiger partial charge in [0.15, 0.2) is 0 Å². The Bertz CT molecular complexity index is 741. The Kier molecular flexibility index (Phi) is 7.27.